The third kappa shape index (κ3) is 3.63. The van der Waals surface area contributed by atoms with Gasteiger partial charge in [-0.25, -0.2) is 0 Å². The smallest absolute Gasteiger partial charge is 0.253 e. The Morgan fingerprint density at radius 3 is 2.33 bits per heavy atom. The highest BCUT2D eigenvalue weighted by Crippen LogP contribution is 2.40. The molecule has 4 heteroatoms. The summed E-state index contributed by atoms with van der Waals surface area (Å²) >= 11 is 5.85. The van der Waals surface area contributed by atoms with E-state index in [2.05, 4.69) is 17.4 Å². The highest BCUT2D eigenvalue weighted by atomic mass is 35.5. The largest absolute Gasteiger partial charge is 0.378 e. The van der Waals surface area contributed by atoms with Gasteiger partial charge in [0.25, 0.3) is 5.91 Å². The molecule has 0 aliphatic heterocycles. The SMILES string of the molecule is O=C(NCC1(c2ccccc2)CCCC1)C(O)c1ccc(Cl)cc1. The Balaban J connectivity index is 1.69. The first-order chi connectivity index (χ1) is 11.6. The minimum Gasteiger partial charge on any atom is -0.378 e. The van der Waals surface area contributed by atoms with Crippen LogP contribution in [-0.2, 0) is 10.2 Å². The van der Waals surface area contributed by atoms with Crippen molar-refractivity contribution in [2.75, 3.05) is 6.54 Å². The maximum atomic E-state index is 12.4. The zero-order valence-corrected chi connectivity index (χ0v) is 14.3. The number of hydrogen-bond acceptors (Lipinski definition) is 2. The number of carbonyl (C=O) groups is 1. The standard InChI is InChI=1S/C20H22ClNO2/c21-17-10-8-15(9-11-17)18(23)19(24)22-14-20(12-4-5-13-20)16-6-2-1-3-7-16/h1-3,6-11,18,23H,4-5,12-14H2,(H,22,24). The molecule has 0 radical (unpaired) electrons. The highest BCUT2D eigenvalue weighted by molar-refractivity contribution is 6.30. The molecule has 0 heterocycles. The summed E-state index contributed by atoms with van der Waals surface area (Å²) in [6.07, 6.45) is 3.30. The van der Waals surface area contributed by atoms with Gasteiger partial charge in [-0.3, -0.25) is 4.79 Å². The molecule has 2 N–H and O–H groups in total. The predicted octanol–water partition coefficient (Wildman–Crippen LogP) is 4.00. The van der Waals surface area contributed by atoms with Crippen molar-refractivity contribution in [2.45, 2.75) is 37.2 Å². The molecule has 126 valence electrons. The summed E-state index contributed by atoms with van der Waals surface area (Å²) in [5.41, 5.74) is 1.80. The van der Waals surface area contributed by atoms with E-state index in [0.29, 0.717) is 17.1 Å². The molecule has 0 saturated heterocycles. The Morgan fingerprint density at radius 2 is 1.71 bits per heavy atom. The number of aliphatic hydroxyl groups is 1. The van der Waals surface area contributed by atoms with E-state index in [4.69, 9.17) is 11.6 Å². The molecular formula is C20H22ClNO2. The van der Waals surface area contributed by atoms with Crippen LogP contribution < -0.4 is 5.32 Å². The molecule has 1 amide bonds. The van der Waals surface area contributed by atoms with E-state index in [9.17, 15) is 9.90 Å². The van der Waals surface area contributed by atoms with E-state index in [1.807, 2.05) is 18.2 Å². The molecule has 1 unspecified atom stereocenters. The number of hydrogen-bond donors (Lipinski definition) is 2. The zero-order chi connectivity index (χ0) is 17.0. The van der Waals surface area contributed by atoms with Gasteiger partial charge < -0.3 is 10.4 Å². The molecule has 1 fully saturated rings. The second-order valence-electron chi connectivity index (χ2n) is 6.53. The molecule has 1 aliphatic rings. The van der Waals surface area contributed by atoms with E-state index < -0.39 is 6.10 Å². The van der Waals surface area contributed by atoms with E-state index >= 15 is 0 Å². The van der Waals surface area contributed by atoms with Crippen molar-refractivity contribution < 1.29 is 9.90 Å². The number of carbonyl (C=O) groups excluding carboxylic acids is 1. The number of nitrogens with one attached hydrogen (secondary N) is 1. The second kappa shape index (κ2) is 7.37. The Labute approximate surface area is 147 Å². The van der Waals surface area contributed by atoms with Crippen LogP contribution in [-0.4, -0.2) is 17.6 Å². The molecule has 3 nitrogen and oxygen atoms in total. The summed E-state index contributed by atoms with van der Waals surface area (Å²) in [6, 6.07) is 17.1. The highest BCUT2D eigenvalue weighted by Gasteiger charge is 2.36. The molecule has 24 heavy (non-hydrogen) atoms. The summed E-state index contributed by atoms with van der Waals surface area (Å²) in [4.78, 5) is 12.4. The van der Waals surface area contributed by atoms with Crippen molar-refractivity contribution in [3.8, 4) is 0 Å². The lowest BCUT2D eigenvalue weighted by Gasteiger charge is -2.30. The molecule has 2 aromatic rings. The van der Waals surface area contributed by atoms with Crippen LogP contribution in [0.3, 0.4) is 0 Å². The number of benzene rings is 2. The van der Waals surface area contributed by atoms with Gasteiger partial charge in [0.1, 0.15) is 0 Å². The van der Waals surface area contributed by atoms with Crippen LogP contribution in [0.15, 0.2) is 54.6 Å². The number of amides is 1. The van der Waals surface area contributed by atoms with Crippen molar-refractivity contribution in [3.63, 3.8) is 0 Å². The Hall–Kier alpha value is -1.84. The Bertz CT molecular complexity index is 679. The van der Waals surface area contributed by atoms with Crippen LogP contribution in [0.2, 0.25) is 5.02 Å². The van der Waals surface area contributed by atoms with Gasteiger partial charge in [0, 0.05) is 17.0 Å². The fraction of sp³-hybridized carbons (Fsp3) is 0.350. The van der Waals surface area contributed by atoms with E-state index in [-0.39, 0.29) is 11.3 Å². The lowest BCUT2D eigenvalue weighted by atomic mass is 9.79. The molecule has 2 aromatic carbocycles. The maximum Gasteiger partial charge on any atom is 0.253 e. The van der Waals surface area contributed by atoms with Crippen molar-refractivity contribution >= 4 is 17.5 Å². The summed E-state index contributed by atoms with van der Waals surface area (Å²) in [7, 11) is 0. The monoisotopic (exact) mass is 343 g/mol. The molecule has 1 saturated carbocycles. The van der Waals surface area contributed by atoms with Gasteiger partial charge in [0.05, 0.1) is 0 Å². The van der Waals surface area contributed by atoms with Gasteiger partial charge in [0.2, 0.25) is 0 Å². The van der Waals surface area contributed by atoms with Crippen LogP contribution in [0.1, 0.15) is 42.9 Å². The molecule has 0 spiro atoms. The molecular weight excluding hydrogens is 322 g/mol. The van der Waals surface area contributed by atoms with E-state index in [0.717, 1.165) is 12.8 Å². The molecule has 0 aromatic heterocycles. The molecule has 0 bridgehead atoms. The number of aliphatic hydroxyl groups excluding tert-OH is 1. The normalized spacial score (nSPS) is 17.4. The van der Waals surface area contributed by atoms with E-state index in [1.54, 1.807) is 24.3 Å². The zero-order valence-electron chi connectivity index (χ0n) is 13.5. The summed E-state index contributed by atoms with van der Waals surface area (Å²) in [5, 5.41) is 13.8. The van der Waals surface area contributed by atoms with E-state index in [1.165, 1.54) is 18.4 Å². The van der Waals surface area contributed by atoms with Gasteiger partial charge in [-0.05, 0) is 36.1 Å². The summed E-state index contributed by atoms with van der Waals surface area (Å²) in [5.74, 6) is -0.362. The van der Waals surface area contributed by atoms with Crippen LogP contribution in [0.4, 0.5) is 0 Å². The van der Waals surface area contributed by atoms with Gasteiger partial charge >= 0.3 is 0 Å². The fourth-order valence-electron chi connectivity index (χ4n) is 3.56. The fourth-order valence-corrected chi connectivity index (χ4v) is 3.69. The van der Waals surface area contributed by atoms with Gasteiger partial charge in [-0.1, -0.05) is 66.9 Å². The van der Waals surface area contributed by atoms with Crippen LogP contribution in [0.25, 0.3) is 0 Å². The Morgan fingerprint density at radius 1 is 1.08 bits per heavy atom. The minimum absolute atomic E-state index is 0.0172. The first kappa shape index (κ1) is 17.0. The lowest BCUT2D eigenvalue weighted by Crippen LogP contribution is -2.41. The third-order valence-electron chi connectivity index (χ3n) is 4.98. The minimum atomic E-state index is -1.17. The molecule has 3 rings (SSSR count). The predicted molar refractivity (Wildman–Crippen MR) is 96.0 cm³/mol. The van der Waals surface area contributed by atoms with Crippen LogP contribution in [0, 0.1) is 0 Å². The van der Waals surface area contributed by atoms with Crippen molar-refractivity contribution in [3.05, 3.63) is 70.7 Å². The molecule has 1 atom stereocenters. The van der Waals surface area contributed by atoms with Crippen molar-refractivity contribution in [2.24, 2.45) is 0 Å². The number of halogens is 1. The second-order valence-corrected chi connectivity index (χ2v) is 6.96. The lowest BCUT2D eigenvalue weighted by molar-refractivity contribution is -0.129. The third-order valence-corrected chi connectivity index (χ3v) is 5.23. The van der Waals surface area contributed by atoms with Crippen LogP contribution >= 0.6 is 11.6 Å². The van der Waals surface area contributed by atoms with Gasteiger partial charge in [-0.2, -0.15) is 0 Å². The maximum absolute atomic E-state index is 12.4. The molecule has 1 aliphatic carbocycles. The number of rotatable bonds is 5. The average molecular weight is 344 g/mol. The first-order valence-electron chi connectivity index (χ1n) is 8.37. The Kier molecular flexibility index (Phi) is 5.22. The van der Waals surface area contributed by atoms with Crippen molar-refractivity contribution in [1.82, 2.24) is 5.32 Å². The summed E-state index contributed by atoms with van der Waals surface area (Å²) in [6.45, 7) is 0.556. The van der Waals surface area contributed by atoms with Crippen LogP contribution in [0.5, 0.6) is 0 Å². The topological polar surface area (TPSA) is 49.3 Å². The quantitative estimate of drug-likeness (QED) is 0.862. The average Bonchev–Trinajstić information content (AvgIpc) is 3.11. The van der Waals surface area contributed by atoms with Crippen molar-refractivity contribution in [1.29, 1.82) is 0 Å². The van der Waals surface area contributed by atoms with Gasteiger partial charge in [-0.15, -0.1) is 0 Å². The van der Waals surface area contributed by atoms with Gasteiger partial charge in [0.15, 0.2) is 6.10 Å². The first-order valence-corrected chi connectivity index (χ1v) is 8.75. The summed E-state index contributed by atoms with van der Waals surface area (Å²) < 4.78 is 0.